The molecule has 1 saturated heterocycles. The molecule has 1 aliphatic heterocycles. The summed E-state index contributed by atoms with van der Waals surface area (Å²) in [4.78, 5) is 11.4. The number of carbonyl (C=O) groups excluding carboxylic acids is 1. The lowest BCUT2D eigenvalue weighted by Crippen LogP contribution is -2.40. The minimum atomic E-state index is -0.0895. The van der Waals surface area contributed by atoms with Gasteiger partial charge in [0.25, 0.3) is 0 Å². The lowest BCUT2D eigenvalue weighted by molar-refractivity contribution is -0.142. The molecule has 86 valence electrons. The summed E-state index contributed by atoms with van der Waals surface area (Å²) in [6.45, 7) is 0. The fourth-order valence-corrected chi connectivity index (χ4v) is 3.01. The van der Waals surface area contributed by atoms with E-state index in [1.54, 1.807) is 0 Å². The molecule has 1 N–H and O–H groups in total. The quantitative estimate of drug-likeness (QED) is 0.708. The summed E-state index contributed by atoms with van der Waals surface area (Å²) in [5, 5.41) is 3.44. The van der Waals surface area contributed by atoms with Gasteiger partial charge in [0.05, 0.1) is 7.11 Å². The molecule has 15 heavy (non-hydrogen) atoms. The molecule has 2 aliphatic rings. The van der Waals surface area contributed by atoms with Crippen LogP contribution in [0.25, 0.3) is 0 Å². The fourth-order valence-electron chi connectivity index (χ4n) is 3.01. The summed E-state index contributed by atoms with van der Waals surface area (Å²) in [6.07, 6.45) is 8.90. The number of methoxy groups -OCH3 is 1. The highest BCUT2D eigenvalue weighted by Gasteiger charge is 2.34. The summed E-state index contributed by atoms with van der Waals surface area (Å²) < 4.78 is 4.77. The van der Waals surface area contributed by atoms with Crippen molar-refractivity contribution in [3.8, 4) is 0 Å². The lowest BCUT2D eigenvalue weighted by atomic mass is 9.83. The molecule has 0 aromatic rings. The van der Waals surface area contributed by atoms with Gasteiger partial charge in [0.2, 0.25) is 0 Å². The third kappa shape index (κ3) is 2.51. The Kier molecular flexibility index (Phi) is 3.62. The first kappa shape index (κ1) is 10.9. The Labute approximate surface area is 91.6 Å². The molecule has 1 saturated carbocycles. The minimum Gasteiger partial charge on any atom is -0.468 e. The van der Waals surface area contributed by atoms with E-state index in [2.05, 4.69) is 5.32 Å². The zero-order chi connectivity index (χ0) is 10.7. The molecule has 2 fully saturated rings. The van der Waals surface area contributed by atoms with Crippen molar-refractivity contribution >= 4 is 5.97 Å². The molecule has 3 heteroatoms. The number of rotatable bonds is 2. The van der Waals surface area contributed by atoms with Gasteiger partial charge in [-0.15, -0.1) is 0 Å². The van der Waals surface area contributed by atoms with Crippen molar-refractivity contribution in [3.05, 3.63) is 0 Å². The van der Waals surface area contributed by atoms with Crippen LogP contribution in [0.4, 0.5) is 0 Å². The van der Waals surface area contributed by atoms with Gasteiger partial charge < -0.3 is 10.1 Å². The smallest absolute Gasteiger partial charge is 0.322 e. The first-order valence-corrected chi connectivity index (χ1v) is 6.15. The van der Waals surface area contributed by atoms with Gasteiger partial charge in [-0.2, -0.15) is 0 Å². The Morgan fingerprint density at radius 1 is 1.13 bits per heavy atom. The average molecular weight is 211 g/mol. The van der Waals surface area contributed by atoms with Crippen LogP contribution >= 0.6 is 0 Å². The van der Waals surface area contributed by atoms with E-state index >= 15 is 0 Å². The molecule has 1 aliphatic carbocycles. The number of esters is 1. The van der Waals surface area contributed by atoms with Crippen LogP contribution in [-0.2, 0) is 9.53 Å². The van der Waals surface area contributed by atoms with E-state index in [0.29, 0.717) is 6.04 Å². The Balaban J connectivity index is 1.83. The summed E-state index contributed by atoms with van der Waals surface area (Å²) >= 11 is 0. The zero-order valence-electron chi connectivity index (χ0n) is 9.50. The highest BCUT2D eigenvalue weighted by Crippen LogP contribution is 2.31. The van der Waals surface area contributed by atoms with Crippen molar-refractivity contribution in [1.82, 2.24) is 5.32 Å². The zero-order valence-corrected chi connectivity index (χ0v) is 9.50. The molecule has 0 unspecified atom stereocenters. The first-order valence-electron chi connectivity index (χ1n) is 6.15. The normalized spacial score (nSPS) is 32.9. The van der Waals surface area contributed by atoms with E-state index in [0.717, 1.165) is 18.8 Å². The highest BCUT2D eigenvalue weighted by atomic mass is 16.5. The van der Waals surface area contributed by atoms with Crippen LogP contribution in [-0.4, -0.2) is 25.2 Å². The van der Waals surface area contributed by atoms with Gasteiger partial charge >= 0.3 is 5.97 Å². The maximum Gasteiger partial charge on any atom is 0.322 e. The summed E-state index contributed by atoms with van der Waals surface area (Å²) in [5.74, 6) is 0.710. The largest absolute Gasteiger partial charge is 0.468 e. The molecular weight excluding hydrogens is 190 g/mol. The van der Waals surface area contributed by atoms with Crippen LogP contribution < -0.4 is 5.32 Å². The van der Waals surface area contributed by atoms with Gasteiger partial charge in [0, 0.05) is 6.04 Å². The molecule has 1 heterocycles. The molecule has 0 aromatic heterocycles. The van der Waals surface area contributed by atoms with E-state index in [1.165, 1.54) is 39.2 Å². The van der Waals surface area contributed by atoms with E-state index in [1.807, 2.05) is 0 Å². The van der Waals surface area contributed by atoms with Gasteiger partial charge in [0.15, 0.2) is 0 Å². The average Bonchev–Trinajstić information content (AvgIpc) is 2.78. The predicted molar refractivity (Wildman–Crippen MR) is 58.5 cm³/mol. The Morgan fingerprint density at radius 3 is 2.53 bits per heavy atom. The topological polar surface area (TPSA) is 38.3 Å². The standard InChI is InChI=1S/C12H21NO2/c1-15-12(14)11-8-7-10(13-11)9-5-3-2-4-6-9/h9-11,13H,2-8H2,1H3/t10-,11+/m1/s1. The second-order valence-electron chi connectivity index (χ2n) is 4.82. The summed E-state index contributed by atoms with van der Waals surface area (Å²) in [7, 11) is 1.47. The summed E-state index contributed by atoms with van der Waals surface area (Å²) in [5.41, 5.74) is 0. The summed E-state index contributed by atoms with van der Waals surface area (Å²) in [6, 6.07) is 0.524. The van der Waals surface area contributed by atoms with Crippen molar-refractivity contribution < 1.29 is 9.53 Å². The van der Waals surface area contributed by atoms with Crippen LogP contribution in [0.15, 0.2) is 0 Å². The van der Waals surface area contributed by atoms with Gasteiger partial charge in [-0.1, -0.05) is 19.3 Å². The van der Waals surface area contributed by atoms with E-state index in [4.69, 9.17) is 4.74 Å². The molecule has 2 rings (SSSR count). The van der Waals surface area contributed by atoms with Gasteiger partial charge in [0.1, 0.15) is 6.04 Å². The number of hydrogen-bond donors (Lipinski definition) is 1. The molecule has 0 radical (unpaired) electrons. The molecule has 2 atom stereocenters. The second-order valence-corrected chi connectivity index (χ2v) is 4.82. The van der Waals surface area contributed by atoms with Gasteiger partial charge in [-0.25, -0.2) is 0 Å². The molecular formula is C12H21NO2. The molecule has 0 bridgehead atoms. The number of hydrogen-bond acceptors (Lipinski definition) is 3. The Morgan fingerprint density at radius 2 is 1.87 bits per heavy atom. The van der Waals surface area contributed by atoms with Crippen molar-refractivity contribution in [2.75, 3.05) is 7.11 Å². The number of ether oxygens (including phenoxy) is 1. The second kappa shape index (κ2) is 4.97. The van der Waals surface area contributed by atoms with Crippen LogP contribution in [0.2, 0.25) is 0 Å². The van der Waals surface area contributed by atoms with Crippen LogP contribution in [0.5, 0.6) is 0 Å². The number of nitrogens with one attached hydrogen (secondary N) is 1. The fraction of sp³-hybridized carbons (Fsp3) is 0.917. The molecule has 0 amide bonds. The van der Waals surface area contributed by atoms with Crippen molar-refractivity contribution in [3.63, 3.8) is 0 Å². The van der Waals surface area contributed by atoms with Crippen LogP contribution in [0.1, 0.15) is 44.9 Å². The Bertz CT molecular complexity index is 224. The molecule has 0 aromatic carbocycles. The first-order chi connectivity index (χ1) is 7.31. The Hall–Kier alpha value is -0.570. The van der Waals surface area contributed by atoms with E-state index in [-0.39, 0.29) is 12.0 Å². The van der Waals surface area contributed by atoms with E-state index < -0.39 is 0 Å². The maximum absolute atomic E-state index is 11.4. The van der Waals surface area contributed by atoms with E-state index in [9.17, 15) is 4.79 Å². The van der Waals surface area contributed by atoms with Crippen LogP contribution in [0, 0.1) is 5.92 Å². The van der Waals surface area contributed by atoms with Gasteiger partial charge in [-0.05, 0) is 31.6 Å². The minimum absolute atomic E-state index is 0.0399. The SMILES string of the molecule is COC(=O)[C@@H]1CC[C@H](C2CCCCC2)N1. The monoisotopic (exact) mass is 211 g/mol. The van der Waals surface area contributed by atoms with Crippen molar-refractivity contribution in [2.24, 2.45) is 5.92 Å². The predicted octanol–water partition coefficient (Wildman–Crippen LogP) is 1.86. The third-order valence-corrected chi connectivity index (χ3v) is 3.89. The third-order valence-electron chi connectivity index (χ3n) is 3.89. The molecule has 0 spiro atoms. The highest BCUT2D eigenvalue weighted by molar-refractivity contribution is 5.76. The maximum atomic E-state index is 11.4. The lowest BCUT2D eigenvalue weighted by Gasteiger charge is -2.27. The molecule has 3 nitrogen and oxygen atoms in total. The van der Waals surface area contributed by atoms with Crippen LogP contribution in [0.3, 0.4) is 0 Å². The number of carbonyl (C=O) groups is 1. The van der Waals surface area contributed by atoms with Crippen molar-refractivity contribution in [1.29, 1.82) is 0 Å². The van der Waals surface area contributed by atoms with Gasteiger partial charge in [-0.3, -0.25) is 4.79 Å². The van der Waals surface area contributed by atoms with Crippen molar-refractivity contribution in [2.45, 2.75) is 57.0 Å².